The summed E-state index contributed by atoms with van der Waals surface area (Å²) in [6.07, 6.45) is 6.72. The van der Waals surface area contributed by atoms with Crippen molar-refractivity contribution in [2.45, 2.75) is 25.3 Å². The summed E-state index contributed by atoms with van der Waals surface area (Å²) in [5.41, 5.74) is 2.45. The fourth-order valence-corrected chi connectivity index (χ4v) is 3.57. The number of benzene rings is 1. The van der Waals surface area contributed by atoms with E-state index in [1.807, 2.05) is 18.2 Å². The lowest BCUT2D eigenvalue weighted by Gasteiger charge is -2.42. The summed E-state index contributed by atoms with van der Waals surface area (Å²) in [7, 11) is 0. The lowest BCUT2D eigenvalue weighted by atomic mass is 9.73. The molecule has 3 aliphatic rings. The summed E-state index contributed by atoms with van der Waals surface area (Å²) < 4.78 is 0. The second-order valence-electron chi connectivity index (χ2n) is 6.05. The molecule has 1 amide bonds. The molecule has 5 heteroatoms. The van der Waals surface area contributed by atoms with E-state index in [1.54, 1.807) is 12.4 Å². The predicted octanol–water partition coefficient (Wildman–Crippen LogP) is 1.96. The van der Waals surface area contributed by atoms with Crippen molar-refractivity contribution < 1.29 is 4.79 Å². The molecule has 2 aliphatic heterocycles. The minimum atomic E-state index is 0.0926. The number of fused-ring (bicyclic) bond motifs is 4. The third-order valence-electron chi connectivity index (χ3n) is 4.70. The number of amides is 1. The Hall–Kier alpha value is -2.01. The largest absolute Gasteiger partial charge is 0.326 e. The first-order valence-electron chi connectivity index (χ1n) is 7.54. The maximum atomic E-state index is 12.5. The quantitative estimate of drug-likeness (QED) is 0.883. The van der Waals surface area contributed by atoms with E-state index in [4.69, 9.17) is 0 Å². The van der Waals surface area contributed by atoms with Crippen molar-refractivity contribution in [1.29, 1.82) is 0 Å². The first-order valence-corrected chi connectivity index (χ1v) is 7.54. The number of hydrogen-bond donors (Lipinski definition) is 2. The molecule has 2 bridgehead atoms. The SMILES string of the molecule is O=C(Nc1ccc2nccnc2c1)C1CC2CCC1NC2. The van der Waals surface area contributed by atoms with Crippen molar-refractivity contribution in [3.05, 3.63) is 30.6 Å². The van der Waals surface area contributed by atoms with Gasteiger partial charge in [-0.3, -0.25) is 14.8 Å². The van der Waals surface area contributed by atoms with E-state index in [0.29, 0.717) is 12.0 Å². The van der Waals surface area contributed by atoms with E-state index < -0.39 is 0 Å². The number of piperidine rings is 2. The fourth-order valence-electron chi connectivity index (χ4n) is 3.57. The highest BCUT2D eigenvalue weighted by Crippen LogP contribution is 2.34. The average molecular weight is 282 g/mol. The van der Waals surface area contributed by atoms with E-state index in [0.717, 1.165) is 36.1 Å². The number of anilines is 1. The van der Waals surface area contributed by atoms with Gasteiger partial charge in [0.2, 0.25) is 5.91 Å². The molecule has 2 N–H and O–H groups in total. The second-order valence-corrected chi connectivity index (χ2v) is 6.05. The molecular weight excluding hydrogens is 264 g/mol. The van der Waals surface area contributed by atoms with Gasteiger partial charge in [0.05, 0.1) is 17.0 Å². The number of aromatic nitrogens is 2. The van der Waals surface area contributed by atoms with E-state index in [9.17, 15) is 4.79 Å². The number of carbonyl (C=O) groups is 1. The molecule has 5 rings (SSSR count). The molecule has 3 unspecified atom stereocenters. The molecule has 2 saturated heterocycles. The van der Waals surface area contributed by atoms with Crippen LogP contribution < -0.4 is 10.6 Å². The van der Waals surface area contributed by atoms with Crippen molar-refractivity contribution in [1.82, 2.24) is 15.3 Å². The molecular formula is C16H18N4O. The number of carbonyl (C=O) groups excluding carboxylic acids is 1. The standard InChI is InChI=1S/C16H18N4O/c21-16(12-7-10-1-3-13(12)19-9-10)20-11-2-4-14-15(8-11)18-6-5-17-14/h2,4-6,8,10,12-13,19H,1,3,7,9H2,(H,20,21). The molecule has 108 valence electrons. The minimum Gasteiger partial charge on any atom is -0.326 e. The van der Waals surface area contributed by atoms with Crippen molar-refractivity contribution >= 4 is 22.6 Å². The van der Waals surface area contributed by atoms with Gasteiger partial charge in [-0.25, -0.2) is 0 Å². The summed E-state index contributed by atoms with van der Waals surface area (Å²) in [6, 6.07) is 6.01. The summed E-state index contributed by atoms with van der Waals surface area (Å²) in [5.74, 6) is 0.878. The number of nitrogens with zero attached hydrogens (tertiary/aromatic N) is 2. The first kappa shape index (κ1) is 12.7. The van der Waals surface area contributed by atoms with Gasteiger partial charge in [0.25, 0.3) is 0 Å². The van der Waals surface area contributed by atoms with Crippen LogP contribution in [0.25, 0.3) is 11.0 Å². The minimum absolute atomic E-state index is 0.0926. The zero-order valence-electron chi connectivity index (χ0n) is 11.7. The Kier molecular flexibility index (Phi) is 3.07. The van der Waals surface area contributed by atoms with Gasteiger partial charge in [-0.1, -0.05) is 0 Å². The highest BCUT2D eigenvalue weighted by molar-refractivity contribution is 5.95. The summed E-state index contributed by atoms with van der Waals surface area (Å²) in [6.45, 7) is 1.07. The monoisotopic (exact) mass is 282 g/mol. The smallest absolute Gasteiger partial charge is 0.229 e. The van der Waals surface area contributed by atoms with Gasteiger partial charge >= 0.3 is 0 Å². The summed E-state index contributed by atoms with van der Waals surface area (Å²) in [4.78, 5) is 21.0. The Labute approximate surface area is 123 Å². The van der Waals surface area contributed by atoms with Crippen LogP contribution in [0.2, 0.25) is 0 Å². The van der Waals surface area contributed by atoms with Crippen molar-refractivity contribution in [3.8, 4) is 0 Å². The van der Waals surface area contributed by atoms with Crippen LogP contribution in [-0.2, 0) is 4.79 Å². The molecule has 3 heterocycles. The summed E-state index contributed by atoms with van der Waals surface area (Å²) >= 11 is 0. The van der Waals surface area contributed by atoms with E-state index in [-0.39, 0.29) is 11.8 Å². The van der Waals surface area contributed by atoms with Gasteiger partial charge in [-0.2, -0.15) is 0 Å². The second kappa shape index (κ2) is 5.07. The van der Waals surface area contributed by atoms with Gasteiger partial charge in [-0.05, 0) is 49.9 Å². The van der Waals surface area contributed by atoms with Crippen molar-refractivity contribution in [2.24, 2.45) is 11.8 Å². The molecule has 0 radical (unpaired) electrons. The maximum Gasteiger partial charge on any atom is 0.229 e. The molecule has 0 spiro atoms. The van der Waals surface area contributed by atoms with Crippen molar-refractivity contribution in [3.63, 3.8) is 0 Å². The molecule has 3 atom stereocenters. The molecule has 21 heavy (non-hydrogen) atoms. The molecule has 1 aliphatic carbocycles. The summed E-state index contributed by atoms with van der Waals surface area (Å²) in [5, 5.41) is 6.52. The lowest BCUT2D eigenvalue weighted by molar-refractivity contribution is -0.123. The molecule has 5 nitrogen and oxygen atoms in total. The zero-order chi connectivity index (χ0) is 14.2. The Bertz CT molecular complexity index is 679. The predicted molar refractivity (Wildman–Crippen MR) is 80.8 cm³/mol. The molecule has 1 aromatic heterocycles. The molecule has 1 saturated carbocycles. The Morgan fingerprint density at radius 1 is 1.19 bits per heavy atom. The Morgan fingerprint density at radius 3 is 2.76 bits per heavy atom. The Balaban J connectivity index is 1.52. The van der Waals surface area contributed by atoms with Gasteiger partial charge in [0, 0.05) is 24.1 Å². The van der Waals surface area contributed by atoms with E-state index >= 15 is 0 Å². The molecule has 1 aromatic carbocycles. The Morgan fingerprint density at radius 2 is 2.05 bits per heavy atom. The number of rotatable bonds is 2. The van der Waals surface area contributed by atoms with Gasteiger partial charge < -0.3 is 10.6 Å². The van der Waals surface area contributed by atoms with E-state index in [2.05, 4.69) is 20.6 Å². The maximum absolute atomic E-state index is 12.5. The number of nitrogens with one attached hydrogen (secondary N) is 2. The van der Waals surface area contributed by atoms with Crippen LogP contribution in [0.5, 0.6) is 0 Å². The van der Waals surface area contributed by atoms with Crippen LogP contribution in [0, 0.1) is 11.8 Å². The third kappa shape index (κ3) is 2.38. The zero-order valence-corrected chi connectivity index (χ0v) is 11.7. The van der Waals surface area contributed by atoms with Crippen molar-refractivity contribution in [2.75, 3.05) is 11.9 Å². The van der Waals surface area contributed by atoms with Crippen LogP contribution in [0.15, 0.2) is 30.6 Å². The fraction of sp³-hybridized carbons (Fsp3) is 0.438. The lowest BCUT2D eigenvalue weighted by Crippen LogP contribution is -2.53. The first-order chi connectivity index (χ1) is 10.3. The molecule has 3 fully saturated rings. The van der Waals surface area contributed by atoms with Crippen LogP contribution in [0.4, 0.5) is 5.69 Å². The van der Waals surface area contributed by atoms with Gasteiger partial charge in [-0.15, -0.1) is 0 Å². The van der Waals surface area contributed by atoms with Crippen LogP contribution in [0.1, 0.15) is 19.3 Å². The van der Waals surface area contributed by atoms with E-state index in [1.165, 1.54) is 6.42 Å². The third-order valence-corrected chi connectivity index (χ3v) is 4.70. The van der Waals surface area contributed by atoms with Crippen LogP contribution in [0.3, 0.4) is 0 Å². The topological polar surface area (TPSA) is 66.9 Å². The van der Waals surface area contributed by atoms with Gasteiger partial charge in [0.1, 0.15) is 0 Å². The highest BCUT2D eigenvalue weighted by atomic mass is 16.1. The van der Waals surface area contributed by atoms with Gasteiger partial charge in [0.15, 0.2) is 0 Å². The number of hydrogen-bond acceptors (Lipinski definition) is 4. The highest BCUT2D eigenvalue weighted by Gasteiger charge is 2.39. The van der Waals surface area contributed by atoms with Crippen LogP contribution in [-0.4, -0.2) is 28.5 Å². The average Bonchev–Trinajstić information content (AvgIpc) is 2.56. The molecule has 2 aromatic rings. The van der Waals surface area contributed by atoms with Crippen LogP contribution >= 0.6 is 0 Å². The normalized spacial score (nSPS) is 27.7.